The smallest absolute Gasteiger partial charge is 0.550 e. The first-order chi connectivity index (χ1) is 12.6. The SMILES string of the molecule is O=C([O-])C1CCN(CCOc2ccc(Nc3ncc(Br)cn3)cc2)CC1.[Na+]. The van der Waals surface area contributed by atoms with E-state index >= 15 is 0 Å². The molecule has 0 spiro atoms. The van der Waals surface area contributed by atoms with Crippen molar-refractivity contribution in [1.29, 1.82) is 0 Å². The maximum atomic E-state index is 10.8. The van der Waals surface area contributed by atoms with Gasteiger partial charge in [-0.1, -0.05) is 0 Å². The molecule has 138 valence electrons. The Bertz CT molecular complexity index is 722. The molecule has 0 bridgehead atoms. The Morgan fingerprint density at radius 2 is 1.85 bits per heavy atom. The maximum Gasteiger partial charge on any atom is 1.00 e. The average molecular weight is 443 g/mol. The molecular formula is C18H20BrN4NaO3. The number of carbonyl (C=O) groups is 1. The van der Waals surface area contributed by atoms with Gasteiger partial charge in [-0.05, 0) is 66.1 Å². The van der Waals surface area contributed by atoms with Crippen LogP contribution in [-0.4, -0.2) is 47.1 Å². The summed E-state index contributed by atoms with van der Waals surface area (Å²) in [5, 5.41) is 14.0. The second-order valence-corrected chi connectivity index (χ2v) is 7.07. The molecular weight excluding hydrogens is 423 g/mol. The Balaban J connectivity index is 0.00000261. The number of anilines is 2. The fourth-order valence-electron chi connectivity index (χ4n) is 2.83. The van der Waals surface area contributed by atoms with Crippen LogP contribution >= 0.6 is 15.9 Å². The van der Waals surface area contributed by atoms with Gasteiger partial charge in [-0.3, -0.25) is 4.90 Å². The van der Waals surface area contributed by atoms with E-state index in [9.17, 15) is 9.90 Å². The summed E-state index contributed by atoms with van der Waals surface area (Å²) < 4.78 is 6.60. The molecule has 9 heteroatoms. The van der Waals surface area contributed by atoms with Crippen molar-refractivity contribution in [1.82, 2.24) is 14.9 Å². The minimum atomic E-state index is -0.928. The first-order valence-electron chi connectivity index (χ1n) is 8.51. The van der Waals surface area contributed by atoms with Crippen LogP contribution < -0.4 is 44.7 Å². The topological polar surface area (TPSA) is 90.4 Å². The summed E-state index contributed by atoms with van der Waals surface area (Å²) in [6.45, 7) is 2.90. The molecule has 1 aromatic carbocycles. The van der Waals surface area contributed by atoms with Gasteiger partial charge in [0.15, 0.2) is 0 Å². The Labute approximate surface area is 189 Å². The van der Waals surface area contributed by atoms with Crippen LogP contribution in [0.5, 0.6) is 5.75 Å². The second kappa shape index (κ2) is 11.0. The number of aromatic nitrogens is 2. The molecule has 0 aliphatic carbocycles. The minimum Gasteiger partial charge on any atom is -0.550 e. The zero-order valence-corrected chi connectivity index (χ0v) is 18.8. The van der Waals surface area contributed by atoms with Gasteiger partial charge in [0.1, 0.15) is 12.4 Å². The van der Waals surface area contributed by atoms with Crippen LogP contribution in [0.25, 0.3) is 0 Å². The Hall–Kier alpha value is -1.19. The number of likely N-dealkylation sites (tertiary alicyclic amines) is 1. The van der Waals surface area contributed by atoms with Crippen molar-refractivity contribution in [3.05, 3.63) is 41.1 Å². The molecule has 2 heterocycles. The first kappa shape index (κ1) is 22.1. The first-order valence-corrected chi connectivity index (χ1v) is 9.30. The summed E-state index contributed by atoms with van der Waals surface area (Å²) >= 11 is 3.30. The van der Waals surface area contributed by atoms with Gasteiger partial charge in [0.2, 0.25) is 5.95 Å². The summed E-state index contributed by atoms with van der Waals surface area (Å²) in [6.07, 6.45) is 4.67. The Morgan fingerprint density at radius 3 is 2.44 bits per heavy atom. The predicted molar refractivity (Wildman–Crippen MR) is 99.1 cm³/mol. The van der Waals surface area contributed by atoms with E-state index in [-0.39, 0.29) is 35.5 Å². The van der Waals surface area contributed by atoms with Crippen molar-refractivity contribution < 1.29 is 44.2 Å². The number of benzene rings is 1. The van der Waals surface area contributed by atoms with E-state index in [1.54, 1.807) is 12.4 Å². The molecule has 7 nitrogen and oxygen atoms in total. The molecule has 0 atom stereocenters. The van der Waals surface area contributed by atoms with E-state index < -0.39 is 5.97 Å². The van der Waals surface area contributed by atoms with Gasteiger partial charge >= 0.3 is 29.6 Å². The number of halogens is 1. The molecule has 0 radical (unpaired) electrons. The fraction of sp³-hybridized carbons (Fsp3) is 0.389. The molecule has 1 fully saturated rings. The normalized spacial score (nSPS) is 15.0. The number of carboxylic acid groups (broad SMARTS) is 1. The molecule has 1 N–H and O–H groups in total. The monoisotopic (exact) mass is 442 g/mol. The van der Waals surface area contributed by atoms with Crippen LogP contribution in [-0.2, 0) is 4.79 Å². The number of hydrogen-bond acceptors (Lipinski definition) is 7. The summed E-state index contributed by atoms with van der Waals surface area (Å²) in [6, 6.07) is 7.60. The van der Waals surface area contributed by atoms with Crippen molar-refractivity contribution in [2.75, 3.05) is 31.6 Å². The molecule has 27 heavy (non-hydrogen) atoms. The van der Waals surface area contributed by atoms with Crippen LogP contribution in [0.1, 0.15) is 12.8 Å². The standard InChI is InChI=1S/C18H21BrN4O3.Na/c19-14-11-20-18(21-12-14)22-15-1-3-16(4-2-15)26-10-9-23-7-5-13(6-8-23)17(24)25;/h1-4,11-13H,5-10H2,(H,24,25)(H,20,21,22);/q;+1/p-1. The van der Waals surface area contributed by atoms with Gasteiger partial charge in [-0.15, -0.1) is 0 Å². The number of rotatable bonds is 7. The van der Waals surface area contributed by atoms with Crippen LogP contribution in [0.4, 0.5) is 11.6 Å². The van der Waals surface area contributed by atoms with Crippen molar-refractivity contribution in [2.24, 2.45) is 5.92 Å². The molecule has 0 unspecified atom stereocenters. The van der Waals surface area contributed by atoms with Crippen LogP contribution in [0.2, 0.25) is 0 Å². The van der Waals surface area contributed by atoms with E-state index in [4.69, 9.17) is 4.74 Å². The van der Waals surface area contributed by atoms with Gasteiger partial charge < -0.3 is 20.0 Å². The van der Waals surface area contributed by atoms with E-state index in [1.165, 1.54) is 0 Å². The fourth-order valence-corrected chi connectivity index (χ4v) is 3.03. The average Bonchev–Trinajstić information content (AvgIpc) is 2.65. The summed E-state index contributed by atoms with van der Waals surface area (Å²) in [7, 11) is 0. The van der Waals surface area contributed by atoms with Crippen molar-refractivity contribution >= 4 is 33.5 Å². The third-order valence-corrected chi connectivity index (χ3v) is 4.74. The number of aliphatic carboxylic acids is 1. The predicted octanol–water partition coefficient (Wildman–Crippen LogP) is -1.17. The molecule has 3 rings (SSSR count). The molecule has 1 aliphatic heterocycles. The summed E-state index contributed by atoms with van der Waals surface area (Å²) in [4.78, 5) is 21.4. The second-order valence-electron chi connectivity index (χ2n) is 6.16. The number of piperidine rings is 1. The zero-order valence-electron chi connectivity index (χ0n) is 15.2. The van der Waals surface area contributed by atoms with Crippen LogP contribution in [0.3, 0.4) is 0 Å². The van der Waals surface area contributed by atoms with E-state index in [1.807, 2.05) is 24.3 Å². The largest absolute Gasteiger partial charge is 1.00 e. The number of nitrogens with zero attached hydrogens (tertiary/aromatic N) is 3. The van der Waals surface area contributed by atoms with Gasteiger partial charge in [-0.25, -0.2) is 9.97 Å². The molecule has 0 amide bonds. The quantitative estimate of drug-likeness (QED) is 0.540. The van der Waals surface area contributed by atoms with Crippen molar-refractivity contribution in [3.63, 3.8) is 0 Å². The number of hydrogen-bond donors (Lipinski definition) is 1. The van der Waals surface area contributed by atoms with Gasteiger partial charge in [0.25, 0.3) is 0 Å². The molecule has 0 saturated carbocycles. The Morgan fingerprint density at radius 1 is 1.22 bits per heavy atom. The number of carboxylic acids is 1. The zero-order chi connectivity index (χ0) is 18.4. The molecule has 1 aromatic heterocycles. The number of nitrogens with one attached hydrogen (secondary N) is 1. The number of ether oxygens (including phenoxy) is 1. The van der Waals surface area contributed by atoms with Gasteiger partial charge in [0, 0.05) is 36.5 Å². The van der Waals surface area contributed by atoms with E-state index in [2.05, 4.69) is 36.1 Å². The summed E-state index contributed by atoms with van der Waals surface area (Å²) in [5.74, 6) is 0.0868. The van der Waals surface area contributed by atoms with Crippen LogP contribution in [0, 0.1) is 5.92 Å². The third-order valence-electron chi connectivity index (χ3n) is 4.33. The van der Waals surface area contributed by atoms with Crippen LogP contribution in [0.15, 0.2) is 41.1 Å². The van der Waals surface area contributed by atoms with Gasteiger partial charge in [-0.2, -0.15) is 0 Å². The third kappa shape index (κ3) is 7.04. The summed E-state index contributed by atoms with van der Waals surface area (Å²) in [5.41, 5.74) is 0.879. The molecule has 1 aliphatic rings. The number of carbonyl (C=O) groups excluding carboxylic acids is 1. The molecule has 1 saturated heterocycles. The van der Waals surface area contributed by atoms with Crippen molar-refractivity contribution in [3.8, 4) is 5.75 Å². The Kier molecular flexibility index (Phi) is 8.98. The van der Waals surface area contributed by atoms with E-state index in [0.717, 1.165) is 35.5 Å². The van der Waals surface area contributed by atoms with Crippen molar-refractivity contribution in [2.45, 2.75) is 12.8 Å². The minimum absolute atomic E-state index is 0. The molecule has 2 aromatic rings. The maximum absolute atomic E-state index is 10.8. The van der Waals surface area contributed by atoms with E-state index in [0.29, 0.717) is 25.4 Å². The van der Waals surface area contributed by atoms with Gasteiger partial charge in [0.05, 0.1) is 4.47 Å².